The van der Waals surface area contributed by atoms with Crippen molar-refractivity contribution in [2.45, 2.75) is 39.1 Å². The minimum Gasteiger partial charge on any atom is -0.362 e. The summed E-state index contributed by atoms with van der Waals surface area (Å²) in [5.74, 6) is -0.476. The molecule has 0 aromatic heterocycles. The highest BCUT2D eigenvalue weighted by atomic mass is 16.6. The van der Waals surface area contributed by atoms with Crippen LogP contribution >= 0.6 is 0 Å². The lowest BCUT2D eigenvalue weighted by molar-refractivity contribution is -0.178. The molecule has 1 rings (SSSR count). The van der Waals surface area contributed by atoms with E-state index in [4.69, 9.17) is 4.74 Å². The van der Waals surface area contributed by atoms with Crippen molar-refractivity contribution in [1.29, 1.82) is 0 Å². The van der Waals surface area contributed by atoms with E-state index >= 15 is 0 Å². The Balaban J connectivity index is 2.78. The summed E-state index contributed by atoms with van der Waals surface area (Å²) in [5.41, 5.74) is 0. The SMILES string of the molecule is C=CC1(O)OC(C)CC1C(C)C. The summed E-state index contributed by atoms with van der Waals surface area (Å²) >= 11 is 0. The van der Waals surface area contributed by atoms with Gasteiger partial charge in [0.15, 0.2) is 5.79 Å². The smallest absolute Gasteiger partial charge is 0.188 e. The van der Waals surface area contributed by atoms with Crippen LogP contribution < -0.4 is 0 Å². The van der Waals surface area contributed by atoms with Crippen molar-refractivity contribution in [2.75, 3.05) is 0 Å². The molecule has 2 nitrogen and oxygen atoms in total. The molecular formula is C10H18O2. The van der Waals surface area contributed by atoms with E-state index in [-0.39, 0.29) is 12.0 Å². The number of hydrogen-bond donors (Lipinski definition) is 1. The van der Waals surface area contributed by atoms with E-state index < -0.39 is 5.79 Å². The molecule has 0 aromatic rings. The molecular weight excluding hydrogens is 152 g/mol. The largest absolute Gasteiger partial charge is 0.362 e. The number of rotatable bonds is 2. The van der Waals surface area contributed by atoms with Gasteiger partial charge in [-0.2, -0.15) is 0 Å². The minimum absolute atomic E-state index is 0.139. The zero-order valence-corrected chi connectivity index (χ0v) is 8.08. The van der Waals surface area contributed by atoms with Gasteiger partial charge in [0.25, 0.3) is 0 Å². The van der Waals surface area contributed by atoms with Crippen LogP contribution in [0.25, 0.3) is 0 Å². The van der Waals surface area contributed by atoms with Crippen LogP contribution in [0.5, 0.6) is 0 Å². The fourth-order valence-electron chi connectivity index (χ4n) is 1.93. The molecule has 1 aliphatic rings. The lowest BCUT2D eigenvalue weighted by atomic mass is 9.86. The van der Waals surface area contributed by atoms with E-state index in [1.54, 1.807) is 0 Å². The number of ether oxygens (including phenoxy) is 1. The highest BCUT2D eigenvalue weighted by Gasteiger charge is 2.44. The fourth-order valence-corrected chi connectivity index (χ4v) is 1.93. The van der Waals surface area contributed by atoms with Crippen LogP contribution in [0.1, 0.15) is 27.2 Å². The first kappa shape index (κ1) is 9.75. The molecule has 0 aromatic carbocycles. The van der Waals surface area contributed by atoms with E-state index in [2.05, 4.69) is 20.4 Å². The maximum absolute atomic E-state index is 9.96. The van der Waals surface area contributed by atoms with Crippen molar-refractivity contribution in [3.8, 4) is 0 Å². The van der Waals surface area contributed by atoms with Gasteiger partial charge < -0.3 is 9.84 Å². The topological polar surface area (TPSA) is 29.5 Å². The maximum Gasteiger partial charge on any atom is 0.188 e. The van der Waals surface area contributed by atoms with Crippen molar-refractivity contribution < 1.29 is 9.84 Å². The molecule has 0 aliphatic carbocycles. The molecule has 0 radical (unpaired) electrons. The second kappa shape index (κ2) is 3.19. The molecule has 0 bridgehead atoms. The predicted octanol–water partition coefficient (Wildman–Crippen LogP) is 1.94. The molecule has 0 saturated carbocycles. The van der Waals surface area contributed by atoms with Gasteiger partial charge in [-0.15, -0.1) is 0 Å². The van der Waals surface area contributed by atoms with Crippen LogP contribution in [-0.2, 0) is 4.74 Å². The van der Waals surface area contributed by atoms with Crippen molar-refractivity contribution in [3.05, 3.63) is 12.7 Å². The minimum atomic E-state index is -1.09. The van der Waals surface area contributed by atoms with Crippen LogP contribution in [0, 0.1) is 11.8 Å². The van der Waals surface area contributed by atoms with E-state index in [9.17, 15) is 5.11 Å². The fraction of sp³-hybridized carbons (Fsp3) is 0.800. The van der Waals surface area contributed by atoms with Gasteiger partial charge in [-0.05, 0) is 25.3 Å². The summed E-state index contributed by atoms with van der Waals surface area (Å²) < 4.78 is 5.41. The van der Waals surface area contributed by atoms with Gasteiger partial charge in [0, 0.05) is 5.92 Å². The monoisotopic (exact) mass is 170 g/mol. The Morgan fingerprint density at radius 3 is 2.58 bits per heavy atom. The van der Waals surface area contributed by atoms with Crippen molar-refractivity contribution in [3.63, 3.8) is 0 Å². The second-order valence-electron chi connectivity index (χ2n) is 3.97. The van der Waals surface area contributed by atoms with Crippen LogP contribution in [0.2, 0.25) is 0 Å². The van der Waals surface area contributed by atoms with E-state index in [0.717, 1.165) is 6.42 Å². The molecule has 1 fully saturated rings. The maximum atomic E-state index is 9.96. The molecule has 12 heavy (non-hydrogen) atoms. The lowest BCUT2D eigenvalue weighted by Crippen LogP contribution is -2.35. The Morgan fingerprint density at radius 2 is 2.25 bits per heavy atom. The van der Waals surface area contributed by atoms with E-state index in [1.807, 2.05) is 6.92 Å². The predicted molar refractivity (Wildman–Crippen MR) is 48.6 cm³/mol. The van der Waals surface area contributed by atoms with Crippen molar-refractivity contribution in [2.24, 2.45) is 11.8 Å². The second-order valence-corrected chi connectivity index (χ2v) is 3.97. The van der Waals surface area contributed by atoms with Gasteiger partial charge in [0.05, 0.1) is 6.10 Å². The van der Waals surface area contributed by atoms with E-state index in [1.165, 1.54) is 6.08 Å². The summed E-state index contributed by atoms with van der Waals surface area (Å²) in [7, 11) is 0. The molecule has 0 spiro atoms. The van der Waals surface area contributed by atoms with Gasteiger partial charge in [0.1, 0.15) is 0 Å². The van der Waals surface area contributed by atoms with Gasteiger partial charge in [-0.1, -0.05) is 20.4 Å². The lowest BCUT2D eigenvalue weighted by Gasteiger charge is -2.27. The molecule has 3 unspecified atom stereocenters. The van der Waals surface area contributed by atoms with Gasteiger partial charge in [-0.25, -0.2) is 0 Å². The van der Waals surface area contributed by atoms with Crippen molar-refractivity contribution >= 4 is 0 Å². The van der Waals surface area contributed by atoms with Gasteiger partial charge in [-0.3, -0.25) is 0 Å². The average molecular weight is 170 g/mol. The number of aliphatic hydroxyl groups is 1. The third-order valence-corrected chi connectivity index (χ3v) is 2.60. The summed E-state index contributed by atoms with van der Waals surface area (Å²) in [6.45, 7) is 9.79. The first-order valence-corrected chi connectivity index (χ1v) is 4.53. The molecule has 3 atom stereocenters. The molecule has 2 heteroatoms. The Morgan fingerprint density at radius 1 is 1.67 bits per heavy atom. The Hall–Kier alpha value is -0.340. The van der Waals surface area contributed by atoms with Crippen LogP contribution in [0.3, 0.4) is 0 Å². The van der Waals surface area contributed by atoms with Gasteiger partial charge in [0.2, 0.25) is 0 Å². The average Bonchev–Trinajstić information content (AvgIpc) is 2.27. The Labute approximate surface area is 74.2 Å². The number of hydrogen-bond acceptors (Lipinski definition) is 2. The zero-order valence-electron chi connectivity index (χ0n) is 8.08. The Bertz CT molecular complexity index is 177. The van der Waals surface area contributed by atoms with E-state index in [0.29, 0.717) is 5.92 Å². The van der Waals surface area contributed by atoms with Crippen LogP contribution in [0.15, 0.2) is 12.7 Å². The highest BCUT2D eigenvalue weighted by molar-refractivity contribution is 4.99. The molecule has 1 aliphatic heterocycles. The molecule has 1 heterocycles. The Kier molecular flexibility index (Phi) is 2.59. The molecule has 70 valence electrons. The first-order valence-electron chi connectivity index (χ1n) is 4.53. The normalized spacial score (nSPS) is 42.1. The quantitative estimate of drug-likeness (QED) is 0.642. The zero-order chi connectivity index (χ0) is 9.35. The molecule has 1 saturated heterocycles. The summed E-state index contributed by atoms with van der Waals surface area (Å²) in [5, 5.41) is 9.96. The first-order chi connectivity index (χ1) is 5.49. The van der Waals surface area contributed by atoms with Crippen LogP contribution in [0.4, 0.5) is 0 Å². The molecule has 0 amide bonds. The summed E-state index contributed by atoms with van der Waals surface area (Å²) in [6, 6.07) is 0. The van der Waals surface area contributed by atoms with Crippen molar-refractivity contribution in [1.82, 2.24) is 0 Å². The molecule has 1 N–H and O–H groups in total. The third-order valence-electron chi connectivity index (χ3n) is 2.60. The summed E-state index contributed by atoms with van der Waals surface area (Å²) in [4.78, 5) is 0. The standard InChI is InChI=1S/C10H18O2/c1-5-10(11)9(7(2)3)6-8(4)12-10/h5,7-9,11H,1,6H2,2-4H3. The summed E-state index contributed by atoms with van der Waals surface area (Å²) in [6.07, 6.45) is 2.57. The highest BCUT2D eigenvalue weighted by Crippen LogP contribution is 2.39. The third kappa shape index (κ3) is 1.54. The van der Waals surface area contributed by atoms with Crippen LogP contribution in [-0.4, -0.2) is 17.0 Å². The van der Waals surface area contributed by atoms with Gasteiger partial charge >= 0.3 is 0 Å².